The summed E-state index contributed by atoms with van der Waals surface area (Å²) in [6.07, 6.45) is 0.799. The lowest BCUT2D eigenvalue weighted by Gasteiger charge is -2.22. The summed E-state index contributed by atoms with van der Waals surface area (Å²) >= 11 is 5.84. The summed E-state index contributed by atoms with van der Waals surface area (Å²) in [4.78, 5) is 12.3. The number of carbonyl (C=O) groups excluding carboxylic acids is 1. The van der Waals surface area contributed by atoms with E-state index in [4.69, 9.17) is 11.6 Å². The van der Waals surface area contributed by atoms with E-state index in [0.717, 1.165) is 10.7 Å². The Balaban J connectivity index is 2.23. The van der Waals surface area contributed by atoms with Crippen molar-refractivity contribution in [1.29, 1.82) is 0 Å². The molecule has 0 aliphatic rings. The molecule has 0 bridgehead atoms. The van der Waals surface area contributed by atoms with Gasteiger partial charge in [0.2, 0.25) is 15.9 Å². The molecule has 0 heterocycles. The van der Waals surface area contributed by atoms with Crippen LogP contribution in [0.4, 0.5) is 4.39 Å². The monoisotopic (exact) mass is 426 g/mol. The predicted molar refractivity (Wildman–Crippen MR) is 108 cm³/mol. The van der Waals surface area contributed by atoms with Crippen LogP contribution in [-0.2, 0) is 21.4 Å². The molecule has 5 nitrogen and oxygen atoms in total. The van der Waals surface area contributed by atoms with Gasteiger partial charge in [-0.25, -0.2) is 12.8 Å². The van der Waals surface area contributed by atoms with Gasteiger partial charge in [0.1, 0.15) is 5.82 Å². The van der Waals surface area contributed by atoms with Crippen LogP contribution < -0.4 is 5.32 Å². The number of hydrogen-bond acceptors (Lipinski definition) is 3. The Morgan fingerprint density at radius 1 is 1.11 bits per heavy atom. The van der Waals surface area contributed by atoms with Crippen molar-refractivity contribution >= 4 is 27.5 Å². The van der Waals surface area contributed by atoms with Crippen molar-refractivity contribution in [3.63, 3.8) is 0 Å². The van der Waals surface area contributed by atoms with Crippen molar-refractivity contribution in [2.75, 3.05) is 13.1 Å². The molecular weight excluding hydrogens is 403 g/mol. The summed E-state index contributed by atoms with van der Waals surface area (Å²) < 4.78 is 40.4. The number of sulfonamides is 1. The fraction of sp³-hybridized carbons (Fsp3) is 0.350. The van der Waals surface area contributed by atoms with Crippen LogP contribution in [0.25, 0.3) is 0 Å². The third-order valence-electron chi connectivity index (χ3n) is 4.09. The topological polar surface area (TPSA) is 66.5 Å². The third kappa shape index (κ3) is 6.58. The lowest BCUT2D eigenvalue weighted by Crippen LogP contribution is -2.40. The maximum atomic E-state index is 13.2. The van der Waals surface area contributed by atoms with Gasteiger partial charge in [-0.3, -0.25) is 4.79 Å². The average molecular weight is 427 g/mol. The first-order chi connectivity index (χ1) is 13.2. The summed E-state index contributed by atoms with van der Waals surface area (Å²) in [7, 11) is -3.94. The molecule has 152 valence electrons. The summed E-state index contributed by atoms with van der Waals surface area (Å²) in [5.74, 6) is -0.379. The molecule has 1 N–H and O–H groups in total. The van der Waals surface area contributed by atoms with E-state index < -0.39 is 15.8 Å². The van der Waals surface area contributed by atoms with E-state index in [1.165, 1.54) is 48.5 Å². The number of nitrogens with one attached hydrogen (secondary N) is 1. The van der Waals surface area contributed by atoms with Crippen molar-refractivity contribution in [1.82, 2.24) is 9.62 Å². The molecule has 0 fully saturated rings. The molecule has 0 saturated carbocycles. The second-order valence-corrected chi connectivity index (χ2v) is 9.26. The first kappa shape index (κ1) is 22.3. The fourth-order valence-electron chi connectivity index (χ4n) is 2.49. The van der Waals surface area contributed by atoms with E-state index in [-0.39, 0.29) is 23.9 Å². The Morgan fingerprint density at radius 2 is 1.71 bits per heavy atom. The zero-order valence-corrected chi connectivity index (χ0v) is 17.4. The normalized spacial score (nSPS) is 11.8. The molecule has 0 unspecified atom stereocenters. The van der Waals surface area contributed by atoms with E-state index in [0.29, 0.717) is 23.0 Å². The molecule has 1 amide bonds. The second-order valence-electron chi connectivity index (χ2n) is 6.89. The van der Waals surface area contributed by atoms with Crippen LogP contribution in [0.1, 0.15) is 25.8 Å². The Labute approximate surface area is 170 Å². The molecule has 8 heteroatoms. The molecule has 0 spiro atoms. The van der Waals surface area contributed by atoms with Crippen LogP contribution in [0.5, 0.6) is 0 Å². The van der Waals surface area contributed by atoms with Crippen molar-refractivity contribution in [3.8, 4) is 0 Å². The predicted octanol–water partition coefficient (Wildman–Crippen LogP) is 3.83. The first-order valence-corrected chi connectivity index (χ1v) is 10.8. The molecule has 2 rings (SSSR count). The number of rotatable bonds is 9. The molecule has 0 atom stereocenters. The van der Waals surface area contributed by atoms with Crippen LogP contribution in [-0.4, -0.2) is 31.7 Å². The smallest absolute Gasteiger partial charge is 0.243 e. The SMILES string of the molecule is CC(C)CCNC(=O)CN(Cc1ccc(F)cc1)S(=O)(=O)c1ccc(Cl)cc1. The summed E-state index contributed by atoms with van der Waals surface area (Å²) in [5, 5.41) is 3.16. The van der Waals surface area contributed by atoms with Gasteiger partial charge in [0.25, 0.3) is 0 Å². The van der Waals surface area contributed by atoms with E-state index >= 15 is 0 Å². The minimum atomic E-state index is -3.94. The minimum absolute atomic E-state index is 0.0361. The molecule has 0 aliphatic carbocycles. The van der Waals surface area contributed by atoms with Gasteiger partial charge in [-0.2, -0.15) is 4.31 Å². The van der Waals surface area contributed by atoms with Crippen LogP contribution in [0, 0.1) is 11.7 Å². The van der Waals surface area contributed by atoms with Gasteiger partial charge < -0.3 is 5.32 Å². The average Bonchev–Trinajstić information content (AvgIpc) is 2.63. The largest absolute Gasteiger partial charge is 0.355 e. The fourth-order valence-corrected chi connectivity index (χ4v) is 4.00. The number of hydrogen-bond donors (Lipinski definition) is 1. The van der Waals surface area contributed by atoms with Gasteiger partial charge in [-0.05, 0) is 54.3 Å². The van der Waals surface area contributed by atoms with E-state index in [1.807, 2.05) is 13.8 Å². The van der Waals surface area contributed by atoms with Crippen molar-refractivity contribution in [3.05, 3.63) is 64.9 Å². The molecule has 2 aromatic carbocycles. The Hall–Kier alpha value is -1.96. The third-order valence-corrected chi connectivity index (χ3v) is 6.15. The van der Waals surface area contributed by atoms with E-state index in [1.54, 1.807) is 0 Å². The minimum Gasteiger partial charge on any atom is -0.355 e. The number of amides is 1. The van der Waals surface area contributed by atoms with Crippen molar-refractivity contribution in [2.24, 2.45) is 5.92 Å². The molecule has 0 saturated heterocycles. The molecule has 0 aliphatic heterocycles. The van der Waals surface area contributed by atoms with Crippen LogP contribution in [0.2, 0.25) is 5.02 Å². The zero-order chi connectivity index (χ0) is 20.7. The van der Waals surface area contributed by atoms with Crippen molar-refractivity contribution < 1.29 is 17.6 Å². The first-order valence-electron chi connectivity index (χ1n) is 8.95. The highest BCUT2D eigenvalue weighted by molar-refractivity contribution is 7.89. The second kappa shape index (κ2) is 10.0. The van der Waals surface area contributed by atoms with Gasteiger partial charge in [-0.1, -0.05) is 37.6 Å². The van der Waals surface area contributed by atoms with Gasteiger partial charge in [0.05, 0.1) is 11.4 Å². The Bertz CT molecular complexity index is 885. The highest BCUT2D eigenvalue weighted by Crippen LogP contribution is 2.20. The number of halogens is 2. The van der Waals surface area contributed by atoms with Crippen molar-refractivity contribution in [2.45, 2.75) is 31.7 Å². The van der Waals surface area contributed by atoms with Crippen LogP contribution in [0.3, 0.4) is 0 Å². The van der Waals surface area contributed by atoms with Crippen LogP contribution in [0.15, 0.2) is 53.4 Å². The molecule has 28 heavy (non-hydrogen) atoms. The summed E-state index contributed by atoms with van der Waals surface area (Å²) in [5.41, 5.74) is 0.578. The molecule has 0 aromatic heterocycles. The Morgan fingerprint density at radius 3 is 2.29 bits per heavy atom. The zero-order valence-electron chi connectivity index (χ0n) is 15.9. The lowest BCUT2D eigenvalue weighted by molar-refractivity contribution is -0.121. The lowest BCUT2D eigenvalue weighted by atomic mass is 10.1. The highest BCUT2D eigenvalue weighted by atomic mass is 35.5. The summed E-state index contributed by atoms with van der Waals surface area (Å²) in [6.45, 7) is 4.17. The number of benzene rings is 2. The molecule has 0 radical (unpaired) electrons. The highest BCUT2D eigenvalue weighted by Gasteiger charge is 2.27. The maximum Gasteiger partial charge on any atom is 0.243 e. The quantitative estimate of drug-likeness (QED) is 0.662. The Kier molecular flexibility index (Phi) is 7.98. The van der Waals surface area contributed by atoms with Gasteiger partial charge in [-0.15, -0.1) is 0 Å². The number of carbonyl (C=O) groups is 1. The van der Waals surface area contributed by atoms with E-state index in [9.17, 15) is 17.6 Å². The molecular formula is C20H24ClFN2O3S. The van der Waals surface area contributed by atoms with Crippen LogP contribution >= 0.6 is 11.6 Å². The van der Waals surface area contributed by atoms with Gasteiger partial charge >= 0.3 is 0 Å². The summed E-state index contributed by atoms with van der Waals surface area (Å²) in [6, 6.07) is 11.3. The van der Waals surface area contributed by atoms with Gasteiger partial charge in [0, 0.05) is 18.1 Å². The number of nitrogens with zero attached hydrogens (tertiary/aromatic N) is 1. The van der Waals surface area contributed by atoms with Gasteiger partial charge in [0.15, 0.2) is 0 Å². The molecule has 2 aromatic rings. The standard InChI is InChI=1S/C20H24ClFN2O3S/c1-15(2)11-12-23-20(25)14-24(13-16-3-7-18(22)8-4-16)28(26,27)19-9-5-17(21)6-10-19/h3-10,15H,11-14H2,1-2H3,(H,23,25). The maximum absolute atomic E-state index is 13.2. The van der Waals surface area contributed by atoms with E-state index in [2.05, 4.69) is 5.32 Å².